The van der Waals surface area contributed by atoms with E-state index in [4.69, 9.17) is 10.5 Å². The number of rotatable bonds is 6. The van der Waals surface area contributed by atoms with Gasteiger partial charge in [0.2, 0.25) is 5.91 Å². The second kappa shape index (κ2) is 7.01. The molecule has 1 atom stereocenters. The van der Waals surface area contributed by atoms with Gasteiger partial charge in [0.05, 0.1) is 6.61 Å². The molecule has 1 aromatic rings. The zero-order valence-electron chi connectivity index (χ0n) is 11.3. The SMILES string of the molecule is CCOc1ccc(NC(=O)C(C)CC)cc1CN. The number of nitrogens with two attached hydrogens (primary N) is 1. The van der Waals surface area contributed by atoms with E-state index in [1.807, 2.05) is 39.0 Å². The molecule has 3 N–H and O–H groups in total. The normalized spacial score (nSPS) is 12.0. The molecule has 0 aromatic heterocycles. The van der Waals surface area contributed by atoms with Crippen molar-refractivity contribution in [2.45, 2.75) is 33.7 Å². The minimum atomic E-state index is 0.0119. The average molecular weight is 250 g/mol. The number of ether oxygens (including phenoxy) is 1. The van der Waals surface area contributed by atoms with Gasteiger partial charge in [-0.15, -0.1) is 0 Å². The third-order valence-electron chi connectivity index (χ3n) is 2.91. The lowest BCUT2D eigenvalue weighted by Crippen LogP contribution is -2.19. The molecule has 0 fully saturated rings. The van der Waals surface area contributed by atoms with Crippen molar-refractivity contribution >= 4 is 11.6 Å². The van der Waals surface area contributed by atoms with Gasteiger partial charge in [-0.1, -0.05) is 13.8 Å². The van der Waals surface area contributed by atoms with Crippen LogP contribution in [-0.2, 0) is 11.3 Å². The van der Waals surface area contributed by atoms with E-state index in [2.05, 4.69) is 5.32 Å². The van der Waals surface area contributed by atoms with Crippen molar-refractivity contribution in [3.05, 3.63) is 23.8 Å². The maximum Gasteiger partial charge on any atom is 0.227 e. The van der Waals surface area contributed by atoms with E-state index in [1.165, 1.54) is 0 Å². The fraction of sp³-hybridized carbons (Fsp3) is 0.500. The Bertz CT molecular complexity index is 405. The Balaban J connectivity index is 2.82. The smallest absolute Gasteiger partial charge is 0.227 e. The van der Waals surface area contributed by atoms with E-state index < -0.39 is 0 Å². The van der Waals surface area contributed by atoms with Crippen molar-refractivity contribution in [2.75, 3.05) is 11.9 Å². The highest BCUT2D eigenvalue weighted by Crippen LogP contribution is 2.23. The molecule has 4 nitrogen and oxygen atoms in total. The number of benzene rings is 1. The summed E-state index contributed by atoms with van der Waals surface area (Å²) in [6, 6.07) is 5.55. The van der Waals surface area contributed by atoms with Crippen LogP contribution >= 0.6 is 0 Å². The molecule has 0 heterocycles. The summed E-state index contributed by atoms with van der Waals surface area (Å²) in [5.74, 6) is 0.823. The van der Waals surface area contributed by atoms with Crippen molar-refractivity contribution in [3.8, 4) is 5.75 Å². The van der Waals surface area contributed by atoms with E-state index in [-0.39, 0.29) is 11.8 Å². The Morgan fingerprint density at radius 1 is 1.44 bits per heavy atom. The third kappa shape index (κ3) is 3.74. The van der Waals surface area contributed by atoms with Gasteiger partial charge in [-0.2, -0.15) is 0 Å². The summed E-state index contributed by atoms with van der Waals surface area (Å²) in [5.41, 5.74) is 7.34. The lowest BCUT2D eigenvalue weighted by Gasteiger charge is -2.13. The molecule has 0 saturated heterocycles. The Morgan fingerprint density at radius 3 is 2.72 bits per heavy atom. The number of amides is 1. The number of hydrogen-bond donors (Lipinski definition) is 2. The van der Waals surface area contributed by atoms with Gasteiger partial charge in [-0.3, -0.25) is 4.79 Å². The minimum Gasteiger partial charge on any atom is -0.494 e. The highest BCUT2D eigenvalue weighted by atomic mass is 16.5. The van der Waals surface area contributed by atoms with Crippen LogP contribution in [-0.4, -0.2) is 12.5 Å². The van der Waals surface area contributed by atoms with Crippen molar-refractivity contribution in [3.63, 3.8) is 0 Å². The van der Waals surface area contributed by atoms with Crippen molar-refractivity contribution in [1.82, 2.24) is 0 Å². The molecule has 0 saturated carbocycles. The first kappa shape index (κ1) is 14.5. The van der Waals surface area contributed by atoms with Crippen LogP contribution in [0.5, 0.6) is 5.75 Å². The molecular formula is C14H22N2O2. The number of nitrogens with one attached hydrogen (secondary N) is 1. The topological polar surface area (TPSA) is 64.3 Å². The number of anilines is 1. The van der Waals surface area contributed by atoms with Gasteiger partial charge >= 0.3 is 0 Å². The van der Waals surface area contributed by atoms with Gasteiger partial charge in [0.1, 0.15) is 5.75 Å². The van der Waals surface area contributed by atoms with Crippen LogP contribution in [0.4, 0.5) is 5.69 Å². The molecule has 1 amide bonds. The zero-order valence-corrected chi connectivity index (χ0v) is 11.3. The molecule has 1 rings (SSSR count). The van der Waals surface area contributed by atoms with E-state index in [1.54, 1.807) is 0 Å². The van der Waals surface area contributed by atoms with Crippen LogP contribution in [0, 0.1) is 5.92 Å². The molecule has 100 valence electrons. The lowest BCUT2D eigenvalue weighted by molar-refractivity contribution is -0.119. The second-order valence-electron chi connectivity index (χ2n) is 4.26. The lowest BCUT2D eigenvalue weighted by atomic mass is 10.1. The van der Waals surface area contributed by atoms with Crippen LogP contribution < -0.4 is 15.8 Å². The summed E-state index contributed by atoms with van der Waals surface area (Å²) >= 11 is 0. The molecule has 0 radical (unpaired) electrons. The van der Waals surface area contributed by atoms with Gasteiger partial charge in [0.15, 0.2) is 0 Å². The monoisotopic (exact) mass is 250 g/mol. The summed E-state index contributed by atoms with van der Waals surface area (Å²) < 4.78 is 5.46. The molecule has 1 unspecified atom stereocenters. The van der Waals surface area contributed by atoms with Gasteiger partial charge in [0, 0.05) is 23.7 Å². The molecule has 0 aliphatic rings. The van der Waals surface area contributed by atoms with Gasteiger partial charge in [-0.25, -0.2) is 0 Å². The van der Waals surface area contributed by atoms with Crippen LogP contribution in [0.2, 0.25) is 0 Å². The Labute approximate surface area is 109 Å². The van der Waals surface area contributed by atoms with Crippen LogP contribution in [0.15, 0.2) is 18.2 Å². The van der Waals surface area contributed by atoms with Crippen LogP contribution in [0.25, 0.3) is 0 Å². The fourth-order valence-electron chi connectivity index (χ4n) is 1.56. The standard InChI is InChI=1S/C14H22N2O2/c1-4-10(3)14(17)16-12-6-7-13(18-5-2)11(8-12)9-15/h6-8,10H,4-5,9,15H2,1-3H3,(H,16,17). The first-order valence-corrected chi connectivity index (χ1v) is 6.39. The largest absolute Gasteiger partial charge is 0.494 e. The van der Waals surface area contributed by atoms with Gasteiger partial charge in [-0.05, 0) is 31.5 Å². The molecule has 4 heteroatoms. The fourth-order valence-corrected chi connectivity index (χ4v) is 1.56. The predicted molar refractivity (Wildman–Crippen MR) is 73.6 cm³/mol. The zero-order chi connectivity index (χ0) is 13.5. The molecule has 0 aliphatic heterocycles. The quantitative estimate of drug-likeness (QED) is 0.815. The number of carbonyl (C=O) groups is 1. The Kier molecular flexibility index (Phi) is 5.65. The van der Waals surface area contributed by atoms with Crippen molar-refractivity contribution in [1.29, 1.82) is 0 Å². The molecular weight excluding hydrogens is 228 g/mol. The number of hydrogen-bond acceptors (Lipinski definition) is 3. The first-order chi connectivity index (χ1) is 8.62. The summed E-state index contributed by atoms with van der Waals surface area (Å²) in [6.45, 7) is 6.83. The molecule has 0 spiro atoms. The third-order valence-corrected chi connectivity index (χ3v) is 2.91. The second-order valence-corrected chi connectivity index (χ2v) is 4.26. The first-order valence-electron chi connectivity index (χ1n) is 6.39. The van der Waals surface area contributed by atoms with E-state index in [9.17, 15) is 4.79 Å². The van der Waals surface area contributed by atoms with E-state index >= 15 is 0 Å². The molecule has 0 bridgehead atoms. The van der Waals surface area contributed by atoms with Crippen LogP contribution in [0.1, 0.15) is 32.8 Å². The summed E-state index contributed by atoms with van der Waals surface area (Å²) in [4.78, 5) is 11.8. The maximum absolute atomic E-state index is 11.8. The van der Waals surface area contributed by atoms with Crippen molar-refractivity contribution in [2.24, 2.45) is 11.7 Å². The summed E-state index contributed by atoms with van der Waals surface area (Å²) in [6.07, 6.45) is 0.826. The summed E-state index contributed by atoms with van der Waals surface area (Å²) in [5, 5.41) is 2.89. The van der Waals surface area contributed by atoms with E-state index in [0.29, 0.717) is 13.2 Å². The maximum atomic E-state index is 11.8. The van der Waals surface area contributed by atoms with Gasteiger partial charge in [0.25, 0.3) is 0 Å². The van der Waals surface area contributed by atoms with Gasteiger partial charge < -0.3 is 15.8 Å². The molecule has 1 aromatic carbocycles. The van der Waals surface area contributed by atoms with Crippen molar-refractivity contribution < 1.29 is 9.53 Å². The van der Waals surface area contributed by atoms with Crippen LogP contribution in [0.3, 0.4) is 0 Å². The summed E-state index contributed by atoms with van der Waals surface area (Å²) in [7, 11) is 0. The molecule has 0 aliphatic carbocycles. The molecule has 18 heavy (non-hydrogen) atoms. The number of carbonyl (C=O) groups excluding carboxylic acids is 1. The highest BCUT2D eigenvalue weighted by Gasteiger charge is 2.11. The predicted octanol–water partition coefficient (Wildman–Crippen LogP) is 2.53. The Morgan fingerprint density at radius 2 is 2.17 bits per heavy atom. The minimum absolute atomic E-state index is 0.0119. The highest BCUT2D eigenvalue weighted by molar-refractivity contribution is 5.92. The van der Waals surface area contributed by atoms with E-state index in [0.717, 1.165) is 23.4 Å². The Hall–Kier alpha value is -1.55. The average Bonchev–Trinajstić information content (AvgIpc) is 2.39.